The van der Waals surface area contributed by atoms with Crippen molar-refractivity contribution >= 4 is 36.6 Å². The number of hydrogen-bond donors (Lipinski definition) is 0. The van der Waals surface area contributed by atoms with Crippen LogP contribution in [0.1, 0.15) is 39.3 Å². The maximum absolute atomic E-state index is 7.30. The highest BCUT2D eigenvalue weighted by molar-refractivity contribution is 6.96. The van der Waals surface area contributed by atoms with Crippen LogP contribution in [-0.2, 0) is 13.7 Å². The van der Waals surface area contributed by atoms with E-state index in [2.05, 4.69) is 137 Å². The van der Waals surface area contributed by atoms with Crippen molar-refractivity contribution < 1.29 is 13.7 Å². The summed E-state index contributed by atoms with van der Waals surface area (Å²) in [5.41, 5.74) is 0.161. The third-order valence-corrected chi connectivity index (χ3v) is 11.2. The molecule has 0 unspecified atom stereocenters. The molecule has 1 fully saturated rings. The van der Waals surface area contributed by atoms with Crippen molar-refractivity contribution in [2.24, 2.45) is 0 Å². The summed E-state index contributed by atoms with van der Waals surface area (Å²) in [6.45, 7) is 10.6. The minimum atomic E-state index is -2.64. The van der Waals surface area contributed by atoms with Crippen LogP contribution in [0, 0.1) is 0 Å². The Morgan fingerprint density at radius 3 is 1.69 bits per heavy atom. The highest BCUT2D eigenvalue weighted by atomic mass is 28.4. The number of hydrogen-bond acceptors (Lipinski definition) is 3. The Morgan fingerprint density at radius 2 is 1.14 bits per heavy atom. The van der Waals surface area contributed by atoms with Gasteiger partial charge in [0.2, 0.25) is 0 Å². The van der Waals surface area contributed by atoms with Crippen LogP contribution in [0.15, 0.2) is 103 Å². The Balaban J connectivity index is 1.64. The Hall–Kier alpha value is -2.70. The Labute approximate surface area is 210 Å². The minimum Gasteiger partial charge on any atom is -0.403 e. The molecule has 5 heteroatoms. The van der Waals surface area contributed by atoms with E-state index in [1.165, 1.54) is 21.1 Å². The van der Waals surface area contributed by atoms with E-state index < -0.39 is 32.6 Å². The summed E-state index contributed by atoms with van der Waals surface area (Å²) in [7, 11) is -3.16. The molecule has 0 radical (unpaired) electrons. The van der Waals surface area contributed by atoms with Crippen molar-refractivity contribution in [1.29, 1.82) is 0 Å². The summed E-state index contributed by atoms with van der Waals surface area (Å²) in [4.78, 5) is 0. The summed E-state index contributed by atoms with van der Waals surface area (Å²) >= 11 is 0. The van der Waals surface area contributed by atoms with Gasteiger partial charge in [-0.15, -0.1) is 0 Å². The molecule has 1 aliphatic heterocycles. The Bertz CT molecular complexity index is 1250. The molecule has 0 spiro atoms. The molecule has 178 valence electrons. The lowest BCUT2D eigenvalue weighted by molar-refractivity contribution is 0.00578. The minimum absolute atomic E-state index is 0.391. The van der Waals surface area contributed by atoms with E-state index in [0.29, 0.717) is 0 Å². The molecule has 4 aromatic rings. The molecular formula is C30H33BO3Si. The van der Waals surface area contributed by atoms with Crippen LogP contribution in [0.5, 0.6) is 0 Å². The normalized spacial score (nSPS) is 18.0. The standard InChI is InChI=1S/C30H33BO3Si/c1-29(2)30(3,4)34-31(33-29)28(25-21-20-23-14-12-13-15-24(23)22-25)32-35(5,26-16-8-6-9-17-26)27-18-10-7-11-19-27/h6-22,28H,1-5H3/t28-/m1/s1. The Morgan fingerprint density at radius 1 is 0.657 bits per heavy atom. The molecule has 1 aliphatic rings. The lowest BCUT2D eigenvalue weighted by Gasteiger charge is -2.34. The number of rotatable bonds is 6. The topological polar surface area (TPSA) is 27.7 Å². The molecule has 35 heavy (non-hydrogen) atoms. The molecule has 1 atom stereocenters. The first-order chi connectivity index (χ1) is 16.7. The second-order valence-corrected chi connectivity index (χ2v) is 14.0. The largest absolute Gasteiger partial charge is 0.492 e. The van der Waals surface area contributed by atoms with Crippen molar-refractivity contribution in [2.75, 3.05) is 0 Å². The average molecular weight is 480 g/mol. The first-order valence-electron chi connectivity index (χ1n) is 12.3. The lowest BCUT2D eigenvalue weighted by Crippen LogP contribution is -2.60. The van der Waals surface area contributed by atoms with Gasteiger partial charge in [-0.1, -0.05) is 97.1 Å². The summed E-state index contributed by atoms with van der Waals surface area (Å²) in [5.74, 6) is 0. The van der Waals surface area contributed by atoms with E-state index in [1.54, 1.807) is 0 Å². The summed E-state index contributed by atoms with van der Waals surface area (Å²) in [6.07, 6.45) is 0. The summed E-state index contributed by atoms with van der Waals surface area (Å²) < 4.78 is 20.5. The van der Waals surface area contributed by atoms with Gasteiger partial charge < -0.3 is 13.7 Å². The van der Waals surface area contributed by atoms with Crippen molar-refractivity contribution in [1.82, 2.24) is 0 Å². The SMILES string of the molecule is CC1(C)OB([C@H](O[Si](C)(c2ccccc2)c2ccccc2)c2ccc3ccccc3c2)OC1(C)C. The van der Waals surface area contributed by atoms with E-state index in [1.807, 2.05) is 0 Å². The number of benzene rings is 4. The van der Waals surface area contributed by atoms with Crippen molar-refractivity contribution in [3.8, 4) is 0 Å². The fraction of sp³-hybridized carbons (Fsp3) is 0.267. The number of fused-ring (bicyclic) bond motifs is 1. The zero-order chi connectivity index (χ0) is 24.7. The molecule has 0 saturated carbocycles. The van der Waals surface area contributed by atoms with Crippen LogP contribution in [0.3, 0.4) is 0 Å². The summed E-state index contributed by atoms with van der Waals surface area (Å²) in [5, 5.41) is 4.81. The Kier molecular flexibility index (Phi) is 6.22. The van der Waals surface area contributed by atoms with Crippen LogP contribution in [-0.4, -0.2) is 26.6 Å². The van der Waals surface area contributed by atoms with Crippen molar-refractivity contribution in [2.45, 2.75) is 51.4 Å². The van der Waals surface area contributed by atoms with Gasteiger partial charge in [-0.25, -0.2) is 0 Å². The van der Waals surface area contributed by atoms with Gasteiger partial charge in [0.25, 0.3) is 8.32 Å². The highest BCUT2D eigenvalue weighted by Crippen LogP contribution is 2.42. The van der Waals surface area contributed by atoms with Gasteiger partial charge >= 0.3 is 7.12 Å². The van der Waals surface area contributed by atoms with E-state index in [0.717, 1.165) is 5.56 Å². The van der Waals surface area contributed by atoms with Crippen molar-refractivity contribution in [3.05, 3.63) is 109 Å². The third-order valence-electron chi connectivity index (χ3n) is 7.63. The van der Waals surface area contributed by atoms with E-state index >= 15 is 0 Å². The first kappa shape index (κ1) is 24.0. The van der Waals surface area contributed by atoms with Gasteiger partial charge in [0, 0.05) is 0 Å². The summed E-state index contributed by atoms with van der Waals surface area (Å²) in [6, 6.07) is 35.8. The molecule has 0 N–H and O–H groups in total. The molecule has 4 aromatic carbocycles. The molecule has 1 heterocycles. The molecule has 0 bridgehead atoms. The second-order valence-electron chi connectivity index (χ2n) is 10.5. The molecular weight excluding hydrogens is 447 g/mol. The van der Waals surface area contributed by atoms with Gasteiger partial charge in [-0.05, 0) is 67.0 Å². The predicted octanol–water partition coefficient (Wildman–Crippen LogP) is 5.92. The quantitative estimate of drug-likeness (QED) is 0.321. The van der Waals surface area contributed by atoms with Crippen LogP contribution >= 0.6 is 0 Å². The van der Waals surface area contributed by atoms with Gasteiger partial charge in [-0.2, -0.15) is 0 Å². The molecule has 0 aliphatic carbocycles. The molecule has 0 aromatic heterocycles. The van der Waals surface area contributed by atoms with E-state index in [4.69, 9.17) is 13.7 Å². The zero-order valence-corrected chi connectivity index (χ0v) is 22.2. The second kappa shape index (κ2) is 9.07. The average Bonchev–Trinajstić information content (AvgIpc) is 3.09. The van der Waals surface area contributed by atoms with Gasteiger partial charge in [0.15, 0.2) is 0 Å². The third kappa shape index (κ3) is 4.50. The lowest BCUT2D eigenvalue weighted by atomic mass is 9.76. The monoisotopic (exact) mass is 480 g/mol. The van der Waals surface area contributed by atoms with Crippen LogP contribution in [0.25, 0.3) is 10.8 Å². The maximum atomic E-state index is 7.30. The smallest absolute Gasteiger partial charge is 0.403 e. The molecule has 3 nitrogen and oxygen atoms in total. The molecule has 5 rings (SSSR count). The van der Waals surface area contributed by atoms with Gasteiger partial charge in [0.05, 0.1) is 11.2 Å². The highest BCUT2D eigenvalue weighted by Gasteiger charge is 2.56. The molecule has 0 amide bonds. The van der Waals surface area contributed by atoms with Gasteiger partial charge in [0.1, 0.15) is 6.00 Å². The van der Waals surface area contributed by atoms with E-state index in [-0.39, 0.29) is 0 Å². The van der Waals surface area contributed by atoms with Crippen LogP contribution < -0.4 is 10.4 Å². The van der Waals surface area contributed by atoms with Gasteiger partial charge in [-0.3, -0.25) is 0 Å². The zero-order valence-electron chi connectivity index (χ0n) is 21.2. The molecule has 1 saturated heterocycles. The van der Waals surface area contributed by atoms with E-state index in [9.17, 15) is 0 Å². The first-order valence-corrected chi connectivity index (χ1v) is 14.7. The predicted molar refractivity (Wildman–Crippen MR) is 148 cm³/mol. The van der Waals surface area contributed by atoms with Crippen molar-refractivity contribution in [3.63, 3.8) is 0 Å². The maximum Gasteiger partial charge on any atom is 0.492 e. The van der Waals surface area contributed by atoms with Crippen LogP contribution in [0.4, 0.5) is 0 Å². The fourth-order valence-corrected chi connectivity index (χ4v) is 7.76. The fourth-order valence-electron chi connectivity index (χ4n) is 4.75. The van der Waals surface area contributed by atoms with Crippen LogP contribution in [0.2, 0.25) is 6.55 Å².